The van der Waals surface area contributed by atoms with Crippen LogP contribution in [-0.2, 0) is 5.41 Å². The van der Waals surface area contributed by atoms with Gasteiger partial charge >= 0.3 is 0 Å². The molecule has 2 heterocycles. The van der Waals surface area contributed by atoms with E-state index in [-0.39, 0.29) is 5.41 Å². The topological polar surface area (TPSA) is 30.7 Å². The number of para-hydroxylation sites is 1. The Morgan fingerprint density at radius 1 is 0.558 bits per heavy atom. The zero-order valence-corrected chi connectivity index (χ0v) is 24.4. The lowest BCUT2D eigenvalue weighted by molar-refractivity contribution is 0.594. The predicted octanol–water partition coefficient (Wildman–Crippen LogP) is 10.5. The third kappa shape index (κ3) is 3.42. The molecule has 204 valence electrons. The maximum absolute atomic E-state index is 5.10. The van der Waals surface area contributed by atoms with Crippen molar-refractivity contribution in [3.8, 4) is 39.5 Å². The lowest BCUT2D eigenvalue weighted by atomic mass is 9.84. The predicted molar refractivity (Wildman–Crippen MR) is 180 cm³/mol. The Bertz CT molecular complexity index is 2410. The molecule has 43 heavy (non-hydrogen) atoms. The van der Waals surface area contributed by atoms with Crippen molar-refractivity contribution in [2.45, 2.75) is 26.2 Å². The summed E-state index contributed by atoms with van der Waals surface area (Å²) >= 11 is 0. The van der Waals surface area contributed by atoms with Gasteiger partial charge < -0.3 is 4.57 Å². The maximum Gasteiger partial charge on any atom is 0.160 e. The van der Waals surface area contributed by atoms with E-state index in [0.717, 1.165) is 39.2 Å². The molecule has 0 saturated carbocycles. The number of aromatic nitrogens is 3. The van der Waals surface area contributed by atoms with Crippen molar-refractivity contribution in [3.05, 3.63) is 127 Å². The SMILES string of the molecule is CC(C)(C)c1ccc2c3c4c5c-2cccc5ccc4n(-c2ccc(-c4nc(-c5ccccc5)c5ccccc5n4)cc2)c13. The molecule has 0 spiro atoms. The van der Waals surface area contributed by atoms with E-state index in [1.54, 1.807) is 0 Å². The fourth-order valence-corrected chi connectivity index (χ4v) is 7.11. The molecule has 6 aromatic carbocycles. The average Bonchev–Trinajstić information content (AvgIpc) is 3.57. The fourth-order valence-electron chi connectivity index (χ4n) is 7.11. The Kier molecular flexibility index (Phi) is 4.88. The minimum absolute atomic E-state index is 0.00867. The first kappa shape index (κ1) is 24.3. The van der Waals surface area contributed by atoms with Crippen LogP contribution >= 0.6 is 0 Å². The molecule has 0 radical (unpaired) electrons. The summed E-state index contributed by atoms with van der Waals surface area (Å²) in [6.07, 6.45) is 0. The Labute approximate surface area is 250 Å². The molecule has 0 atom stereocenters. The van der Waals surface area contributed by atoms with E-state index in [1.165, 1.54) is 49.3 Å². The second-order valence-electron chi connectivity index (χ2n) is 12.7. The van der Waals surface area contributed by atoms with Crippen molar-refractivity contribution in [1.82, 2.24) is 14.5 Å². The highest BCUT2D eigenvalue weighted by molar-refractivity contribution is 6.34. The van der Waals surface area contributed by atoms with E-state index < -0.39 is 0 Å². The monoisotopic (exact) mass is 551 g/mol. The summed E-state index contributed by atoms with van der Waals surface area (Å²) in [7, 11) is 0. The van der Waals surface area contributed by atoms with E-state index in [4.69, 9.17) is 9.97 Å². The minimum atomic E-state index is -0.00867. The van der Waals surface area contributed by atoms with Crippen LogP contribution in [0.15, 0.2) is 121 Å². The molecule has 3 nitrogen and oxygen atoms in total. The van der Waals surface area contributed by atoms with Gasteiger partial charge in [-0.05, 0) is 69.3 Å². The van der Waals surface area contributed by atoms with Crippen LogP contribution in [0.25, 0.3) is 82.9 Å². The standard InChI is InChI=1S/C40H29N3/c1-40(2,3)31-22-21-29-28-14-9-12-24-18-23-33-36(34(24)28)35(29)38(31)43(33)27-19-16-26(17-20-27)39-41-32-15-8-7-13-30(32)37(42-39)25-10-5-4-6-11-25/h4-23H,1-3H3. The van der Waals surface area contributed by atoms with Crippen molar-refractivity contribution < 1.29 is 0 Å². The van der Waals surface area contributed by atoms with Gasteiger partial charge in [-0.25, -0.2) is 9.97 Å². The molecule has 0 unspecified atom stereocenters. The number of rotatable bonds is 3. The number of benzene rings is 6. The van der Waals surface area contributed by atoms with Gasteiger partial charge in [0.2, 0.25) is 0 Å². The quantitative estimate of drug-likeness (QED) is 0.219. The third-order valence-corrected chi connectivity index (χ3v) is 9.05. The highest BCUT2D eigenvalue weighted by Gasteiger charge is 2.29. The summed E-state index contributed by atoms with van der Waals surface area (Å²) in [5, 5.41) is 6.49. The van der Waals surface area contributed by atoms with Crippen LogP contribution in [0.1, 0.15) is 26.3 Å². The summed E-state index contributed by atoms with van der Waals surface area (Å²) in [5.41, 5.74) is 11.8. The van der Waals surface area contributed by atoms with Gasteiger partial charge in [-0.3, -0.25) is 0 Å². The first-order chi connectivity index (χ1) is 21.0. The average molecular weight is 552 g/mol. The van der Waals surface area contributed by atoms with E-state index in [2.05, 4.69) is 135 Å². The number of hydrogen-bond acceptors (Lipinski definition) is 2. The number of nitrogens with zero attached hydrogens (tertiary/aromatic N) is 3. The van der Waals surface area contributed by atoms with Crippen LogP contribution in [0.2, 0.25) is 0 Å². The molecule has 0 amide bonds. The van der Waals surface area contributed by atoms with Crippen molar-refractivity contribution >= 4 is 43.5 Å². The molecule has 0 aliphatic heterocycles. The summed E-state index contributed by atoms with van der Waals surface area (Å²) in [5.74, 6) is 0.737. The van der Waals surface area contributed by atoms with Gasteiger partial charge in [0.25, 0.3) is 0 Å². The summed E-state index contributed by atoms with van der Waals surface area (Å²) in [6, 6.07) is 43.4. The summed E-state index contributed by atoms with van der Waals surface area (Å²) < 4.78 is 2.48. The van der Waals surface area contributed by atoms with Gasteiger partial charge in [0.1, 0.15) is 0 Å². The first-order valence-electron chi connectivity index (χ1n) is 14.9. The second kappa shape index (κ2) is 8.62. The van der Waals surface area contributed by atoms with Crippen LogP contribution in [0.5, 0.6) is 0 Å². The van der Waals surface area contributed by atoms with Crippen LogP contribution in [0, 0.1) is 0 Å². The van der Waals surface area contributed by atoms with E-state index in [0.29, 0.717) is 0 Å². The Morgan fingerprint density at radius 2 is 1.33 bits per heavy atom. The van der Waals surface area contributed by atoms with Crippen molar-refractivity contribution in [3.63, 3.8) is 0 Å². The lowest BCUT2D eigenvalue weighted by Crippen LogP contribution is -2.13. The minimum Gasteiger partial charge on any atom is -0.309 e. The molecule has 0 fully saturated rings. The van der Waals surface area contributed by atoms with Crippen LogP contribution in [-0.4, -0.2) is 14.5 Å². The van der Waals surface area contributed by atoms with E-state index in [9.17, 15) is 0 Å². The smallest absolute Gasteiger partial charge is 0.160 e. The fraction of sp³-hybridized carbons (Fsp3) is 0.100. The molecule has 8 aromatic rings. The van der Waals surface area contributed by atoms with Gasteiger partial charge in [0.05, 0.1) is 22.2 Å². The molecule has 3 heteroatoms. The Morgan fingerprint density at radius 3 is 2.14 bits per heavy atom. The zero-order valence-electron chi connectivity index (χ0n) is 24.4. The van der Waals surface area contributed by atoms with Gasteiger partial charge in [0, 0.05) is 33.0 Å². The summed E-state index contributed by atoms with van der Waals surface area (Å²) in [6.45, 7) is 6.94. The molecule has 1 aliphatic rings. The molecule has 0 saturated heterocycles. The number of hydrogen-bond donors (Lipinski definition) is 0. The van der Waals surface area contributed by atoms with Crippen LogP contribution < -0.4 is 0 Å². The van der Waals surface area contributed by atoms with Crippen molar-refractivity contribution in [2.24, 2.45) is 0 Å². The third-order valence-electron chi connectivity index (χ3n) is 9.05. The van der Waals surface area contributed by atoms with E-state index >= 15 is 0 Å². The van der Waals surface area contributed by atoms with Gasteiger partial charge in [-0.15, -0.1) is 0 Å². The second-order valence-corrected chi connectivity index (χ2v) is 12.7. The highest BCUT2D eigenvalue weighted by atomic mass is 15.0. The van der Waals surface area contributed by atoms with Gasteiger partial charge in [0.15, 0.2) is 5.82 Å². The lowest BCUT2D eigenvalue weighted by Gasteiger charge is -2.23. The van der Waals surface area contributed by atoms with Crippen LogP contribution in [0.3, 0.4) is 0 Å². The van der Waals surface area contributed by atoms with Crippen molar-refractivity contribution in [1.29, 1.82) is 0 Å². The van der Waals surface area contributed by atoms with Gasteiger partial charge in [-0.2, -0.15) is 0 Å². The number of fused-ring (bicyclic) bond motifs is 2. The zero-order chi connectivity index (χ0) is 28.9. The molecule has 0 bridgehead atoms. The highest BCUT2D eigenvalue weighted by Crippen LogP contribution is 2.51. The Balaban J connectivity index is 1.27. The maximum atomic E-state index is 5.10. The molecular formula is C40H29N3. The molecule has 9 rings (SSSR count). The first-order valence-corrected chi connectivity index (χ1v) is 14.9. The molecule has 0 N–H and O–H groups in total. The van der Waals surface area contributed by atoms with Crippen LogP contribution in [0.4, 0.5) is 0 Å². The normalized spacial score (nSPS) is 12.5. The largest absolute Gasteiger partial charge is 0.309 e. The summed E-state index contributed by atoms with van der Waals surface area (Å²) in [4.78, 5) is 10.1. The molecule has 2 aromatic heterocycles. The van der Waals surface area contributed by atoms with Gasteiger partial charge in [-0.1, -0.05) is 106 Å². The Hall–Kier alpha value is -5.28. The molecular weight excluding hydrogens is 522 g/mol. The van der Waals surface area contributed by atoms with E-state index in [1.807, 2.05) is 12.1 Å². The molecule has 1 aliphatic carbocycles. The van der Waals surface area contributed by atoms with Crippen molar-refractivity contribution in [2.75, 3.05) is 0 Å².